The molecule has 1 unspecified atom stereocenters. The van der Waals surface area contributed by atoms with Crippen molar-refractivity contribution in [3.8, 4) is 5.75 Å². The monoisotopic (exact) mass is 283 g/mol. The molecule has 1 atom stereocenters. The average molecular weight is 283 g/mol. The van der Waals surface area contributed by atoms with E-state index >= 15 is 0 Å². The molecule has 0 radical (unpaired) electrons. The van der Waals surface area contributed by atoms with Gasteiger partial charge in [0.25, 0.3) is 0 Å². The molecule has 2 rings (SSSR count). The molecule has 2 heteroatoms. The van der Waals surface area contributed by atoms with Crippen LogP contribution in [0.5, 0.6) is 5.75 Å². The van der Waals surface area contributed by atoms with Crippen molar-refractivity contribution >= 4 is 0 Å². The Balaban J connectivity index is 2.13. The molecule has 2 nitrogen and oxygen atoms in total. The van der Waals surface area contributed by atoms with E-state index in [1.54, 1.807) is 6.07 Å². The fourth-order valence-corrected chi connectivity index (χ4v) is 2.57. The SMILES string of the molecule is CCCNCC(Cc1cccc(O)c1)c1ccc(C)cc1. The van der Waals surface area contributed by atoms with E-state index in [4.69, 9.17) is 0 Å². The Hall–Kier alpha value is -1.80. The number of aryl methyl sites for hydroxylation is 1. The van der Waals surface area contributed by atoms with E-state index in [-0.39, 0.29) is 0 Å². The van der Waals surface area contributed by atoms with Crippen molar-refractivity contribution in [1.82, 2.24) is 5.32 Å². The number of nitrogens with one attached hydrogen (secondary N) is 1. The lowest BCUT2D eigenvalue weighted by Gasteiger charge is -2.19. The molecule has 0 saturated carbocycles. The maximum absolute atomic E-state index is 9.63. The first kappa shape index (κ1) is 15.6. The van der Waals surface area contributed by atoms with Crippen molar-refractivity contribution in [3.63, 3.8) is 0 Å². The first-order chi connectivity index (χ1) is 10.2. The van der Waals surface area contributed by atoms with Gasteiger partial charge >= 0.3 is 0 Å². The molecule has 0 amide bonds. The minimum atomic E-state index is 0.344. The number of rotatable bonds is 7. The molecule has 0 aliphatic heterocycles. The van der Waals surface area contributed by atoms with Gasteiger partial charge in [-0.15, -0.1) is 0 Å². The smallest absolute Gasteiger partial charge is 0.115 e. The Morgan fingerprint density at radius 2 is 1.86 bits per heavy atom. The maximum atomic E-state index is 9.63. The Labute approximate surface area is 127 Å². The number of phenols is 1. The van der Waals surface area contributed by atoms with Crippen LogP contribution in [0.2, 0.25) is 0 Å². The summed E-state index contributed by atoms with van der Waals surface area (Å²) in [6, 6.07) is 16.4. The molecule has 0 fully saturated rings. The van der Waals surface area contributed by atoms with Crippen molar-refractivity contribution in [1.29, 1.82) is 0 Å². The Morgan fingerprint density at radius 1 is 1.10 bits per heavy atom. The zero-order valence-electron chi connectivity index (χ0n) is 13.0. The van der Waals surface area contributed by atoms with Crippen LogP contribution in [0.4, 0.5) is 0 Å². The molecule has 0 aromatic heterocycles. The molecule has 0 heterocycles. The molecule has 2 N–H and O–H groups in total. The van der Waals surface area contributed by atoms with Gasteiger partial charge in [-0.2, -0.15) is 0 Å². The third kappa shape index (κ3) is 4.91. The van der Waals surface area contributed by atoms with E-state index in [1.807, 2.05) is 12.1 Å². The van der Waals surface area contributed by atoms with E-state index < -0.39 is 0 Å². The van der Waals surface area contributed by atoms with Crippen LogP contribution in [-0.4, -0.2) is 18.2 Å². The Bertz CT molecular complexity index is 548. The van der Waals surface area contributed by atoms with Gasteiger partial charge < -0.3 is 10.4 Å². The van der Waals surface area contributed by atoms with Gasteiger partial charge in [-0.3, -0.25) is 0 Å². The lowest BCUT2D eigenvalue weighted by atomic mass is 9.91. The summed E-state index contributed by atoms with van der Waals surface area (Å²) < 4.78 is 0. The molecule has 0 spiro atoms. The summed E-state index contributed by atoms with van der Waals surface area (Å²) >= 11 is 0. The molecule has 2 aromatic rings. The number of aromatic hydroxyl groups is 1. The minimum Gasteiger partial charge on any atom is -0.508 e. The van der Waals surface area contributed by atoms with Gasteiger partial charge in [-0.1, -0.05) is 48.9 Å². The minimum absolute atomic E-state index is 0.344. The van der Waals surface area contributed by atoms with Crippen molar-refractivity contribution < 1.29 is 5.11 Å². The van der Waals surface area contributed by atoms with Crippen molar-refractivity contribution in [2.24, 2.45) is 0 Å². The van der Waals surface area contributed by atoms with Crippen LogP contribution in [-0.2, 0) is 6.42 Å². The highest BCUT2D eigenvalue weighted by atomic mass is 16.3. The molecule has 0 saturated heterocycles. The summed E-state index contributed by atoms with van der Waals surface area (Å²) in [7, 11) is 0. The van der Waals surface area contributed by atoms with Crippen LogP contribution in [0.3, 0.4) is 0 Å². The van der Waals surface area contributed by atoms with Gasteiger partial charge in [0, 0.05) is 12.5 Å². The zero-order chi connectivity index (χ0) is 15.1. The Kier molecular flexibility index (Phi) is 5.82. The number of phenolic OH excluding ortho intramolecular Hbond substituents is 1. The van der Waals surface area contributed by atoms with Crippen LogP contribution in [0.15, 0.2) is 48.5 Å². The van der Waals surface area contributed by atoms with Crippen LogP contribution in [0.1, 0.15) is 36.0 Å². The summed E-state index contributed by atoms with van der Waals surface area (Å²) in [5, 5.41) is 13.2. The van der Waals surface area contributed by atoms with Gasteiger partial charge in [0.15, 0.2) is 0 Å². The van der Waals surface area contributed by atoms with Crippen LogP contribution in [0, 0.1) is 6.92 Å². The number of hydrogen-bond donors (Lipinski definition) is 2. The third-order valence-electron chi connectivity index (χ3n) is 3.76. The first-order valence-electron chi connectivity index (χ1n) is 7.74. The third-order valence-corrected chi connectivity index (χ3v) is 3.76. The summed E-state index contributed by atoms with van der Waals surface area (Å²) in [5.74, 6) is 0.774. The average Bonchev–Trinajstić information content (AvgIpc) is 2.47. The van der Waals surface area contributed by atoms with E-state index in [9.17, 15) is 5.11 Å². The van der Waals surface area contributed by atoms with Gasteiger partial charge in [-0.25, -0.2) is 0 Å². The number of hydrogen-bond acceptors (Lipinski definition) is 2. The predicted molar refractivity (Wildman–Crippen MR) is 88.9 cm³/mol. The molecule has 0 aliphatic rings. The summed E-state index contributed by atoms with van der Waals surface area (Å²) in [6.07, 6.45) is 2.08. The highest BCUT2D eigenvalue weighted by molar-refractivity contribution is 5.31. The van der Waals surface area contributed by atoms with Crippen LogP contribution in [0.25, 0.3) is 0 Å². The normalized spacial score (nSPS) is 12.3. The number of benzene rings is 2. The Morgan fingerprint density at radius 3 is 2.52 bits per heavy atom. The van der Waals surface area contributed by atoms with E-state index in [2.05, 4.69) is 49.5 Å². The molecule has 0 bridgehead atoms. The maximum Gasteiger partial charge on any atom is 0.115 e. The molecule has 112 valence electrons. The molecule has 21 heavy (non-hydrogen) atoms. The lowest BCUT2D eigenvalue weighted by Crippen LogP contribution is -2.23. The van der Waals surface area contributed by atoms with Gasteiger partial charge in [-0.05, 0) is 49.6 Å². The highest BCUT2D eigenvalue weighted by Crippen LogP contribution is 2.23. The quantitative estimate of drug-likeness (QED) is 0.752. The predicted octanol–water partition coefficient (Wildman–Crippen LogP) is 4.03. The van der Waals surface area contributed by atoms with E-state index in [0.717, 1.165) is 25.9 Å². The molecule has 0 aliphatic carbocycles. The van der Waals surface area contributed by atoms with Crippen LogP contribution >= 0.6 is 0 Å². The second kappa shape index (κ2) is 7.84. The largest absolute Gasteiger partial charge is 0.508 e. The van der Waals surface area contributed by atoms with Crippen molar-refractivity contribution in [2.75, 3.05) is 13.1 Å². The van der Waals surface area contributed by atoms with E-state index in [0.29, 0.717) is 11.7 Å². The van der Waals surface area contributed by atoms with Gasteiger partial charge in [0.1, 0.15) is 5.75 Å². The van der Waals surface area contributed by atoms with E-state index in [1.165, 1.54) is 16.7 Å². The highest BCUT2D eigenvalue weighted by Gasteiger charge is 2.12. The van der Waals surface area contributed by atoms with Gasteiger partial charge in [0.2, 0.25) is 0 Å². The van der Waals surface area contributed by atoms with Crippen molar-refractivity contribution in [2.45, 2.75) is 32.6 Å². The molecule has 2 aromatic carbocycles. The second-order valence-corrected chi connectivity index (χ2v) is 5.69. The fourth-order valence-electron chi connectivity index (χ4n) is 2.57. The van der Waals surface area contributed by atoms with Crippen molar-refractivity contribution in [3.05, 3.63) is 65.2 Å². The summed E-state index contributed by atoms with van der Waals surface area (Å²) in [4.78, 5) is 0. The van der Waals surface area contributed by atoms with Gasteiger partial charge in [0.05, 0.1) is 0 Å². The topological polar surface area (TPSA) is 32.3 Å². The second-order valence-electron chi connectivity index (χ2n) is 5.69. The fraction of sp³-hybridized carbons (Fsp3) is 0.368. The standard InChI is InChI=1S/C19H25NO/c1-3-11-20-14-18(17-9-7-15(2)8-10-17)12-16-5-4-6-19(21)13-16/h4-10,13,18,20-21H,3,11-12,14H2,1-2H3. The van der Waals surface area contributed by atoms with Crippen LogP contribution < -0.4 is 5.32 Å². The lowest BCUT2D eigenvalue weighted by molar-refractivity contribution is 0.474. The summed E-state index contributed by atoms with van der Waals surface area (Å²) in [5.41, 5.74) is 3.82. The molecular formula is C19H25NO. The zero-order valence-corrected chi connectivity index (χ0v) is 13.0. The first-order valence-corrected chi connectivity index (χ1v) is 7.74. The molecular weight excluding hydrogens is 258 g/mol. The summed E-state index contributed by atoms with van der Waals surface area (Å²) in [6.45, 7) is 6.31.